The van der Waals surface area contributed by atoms with E-state index >= 15 is 0 Å². The molecule has 1 unspecified atom stereocenters. The Morgan fingerprint density at radius 3 is 2.59 bits per heavy atom. The van der Waals surface area contributed by atoms with Crippen LogP contribution in [0, 0.1) is 0 Å². The van der Waals surface area contributed by atoms with Crippen molar-refractivity contribution in [3.05, 3.63) is 58.1 Å². The van der Waals surface area contributed by atoms with Crippen molar-refractivity contribution in [3.8, 4) is 5.75 Å². The number of nitrogens with zero attached hydrogens (tertiary/aromatic N) is 1. The summed E-state index contributed by atoms with van der Waals surface area (Å²) >= 11 is 12.1. The number of amides is 4. The number of carbonyl (C=O) groups excluding carboxylic acids is 3. The topological polar surface area (TPSA) is 87.7 Å². The van der Waals surface area contributed by atoms with Gasteiger partial charge >= 0.3 is 6.03 Å². The summed E-state index contributed by atoms with van der Waals surface area (Å²) in [6.07, 6.45) is 0.310. The second-order valence-corrected chi connectivity index (χ2v) is 7.33. The van der Waals surface area contributed by atoms with Crippen LogP contribution >= 0.6 is 23.2 Å². The average Bonchev–Trinajstić information content (AvgIpc) is 2.93. The van der Waals surface area contributed by atoms with Crippen molar-refractivity contribution in [2.75, 3.05) is 19.0 Å². The monoisotopic (exact) mass is 435 g/mol. The van der Waals surface area contributed by atoms with Gasteiger partial charge in [0.15, 0.2) is 0 Å². The van der Waals surface area contributed by atoms with Gasteiger partial charge in [-0.1, -0.05) is 42.3 Å². The summed E-state index contributed by atoms with van der Waals surface area (Å²) in [5.41, 5.74) is -0.272. The highest BCUT2D eigenvalue weighted by Crippen LogP contribution is 2.33. The summed E-state index contributed by atoms with van der Waals surface area (Å²) in [4.78, 5) is 38.9. The van der Waals surface area contributed by atoms with Crippen molar-refractivity contribution in [2.45, 2.75) is 18.9 Å². The molecule has 3 rings (SSSR count). The Balaban J connectivity index is 1.77. The third-order valence-electron chi connectivity index (χ3n) is 4.76. The Hall–Kier alpha value is -2.77. The molecule has 1 aliphatic heterocycles. The van der Waals surface area contributed by atoms with Crippen molar-refractivity contribution in [1.82, 2.24) is 10.2 Å². The number of hydrogen-bond acceptors (Lipinski definition) is 4. The molecule has 1 aliphatic rings. The molecule has 9 heteroatoms. The zero-order chi connectivity index (χ0) is 21.2. The van der Waals surface area contributed by atoms with Crippen LogP contribution in [0.4, 0.5) is 10.5 Å². The van der Waals surface area contributed by atoms with Gasteiger partial charge in [0, 0.05) is 10.7 Å². The highest BCUT2D eigenvalue weighted by atomic mass is 35.5. The Morgan fingerprint density at radius 2 is 1.97 bits per heavy atom. The Morgan fingerprint density at radius 1 is 1.21 bits per heavy atom. The number of carbonyl (C=O) groups is 3. The number of anilines is 1. The fraction of sp³-hybridized carbons (Fsp3) is 0.250. The maximum absolute atomic E-state index is 13.1. The van der Waals surface area contributed by atoms with Crippen molar-refractivity contribution in [1.29, 1.82) is 0 Å². The molecule has 2 aromatic rings. The van der Waals surface area contributed by atoms with Crippen molar-refractivity contribution < 1.29 is 19.1 Å². The van der Waals surface area contributed by atoms with Crippen LogP contribution in [0.25, 0.3) is 0 Å². The first-order valence-electron chi connectivity index (χ1n) is 8.84. The molecule has 0 aliphatic carbocycles. The standard InChI is InChI=1S/C20H19Cl2N3O4/c1-3-20(12-5-4-6-13(21)9-12)18(27)25(19(28)24-20)11-17(26)23-14-7-8-16(29-2)15(22)10-14/h4-10H,3,11H2,1-2H3,(H,23,26)(H,24,28). The molecule has 2 N–H and O–H groups in total. The quantitative estimate of drug-likeness (QED) is 0.675. The Kier molecular flexibility index (Phi) is 6.00. The van der Waals surface area contributed by atoms with Gasteiger partial charge < -0.3 is 15.4 Å². The molecule has 2 aromatic carbocycles. The Labute approximate surface area is 177 Å². The van der Waals surface area contributed by atoms with Crippen LogP contribution in [0.15, 0.2) is 42.5 Å². The van der Waals surface area contributed by atoms with Crippen LogP contribution in [0.2, 0.25) is 10.0 Å². The molecule has 0 saturated carbocycles. The zero-order valence-corrected chi connectivity index (χ0v) is 17.3. The first kappa shape index (κ1) is 21.0. The molecule has 1 saturated heterocycles. The van der Waals surface area contributed by atoms with Crippen molar-refractivity contribution >= 4 is 46.7 Å². The second-order valence-electron chi connectivity index (χ2n) is 6.49. The van der Waals surface area contributed by atoms with Crippen LogP contribution in [0.3, 0.4) is 0 Å². The van der Waals surface area contributed by atoms with Crippen molar-refractivity contribution in [2.24, 2.45) is 0 Å². The van der Waals surface area contributed by atoms with E-state index in [9.17, 15) is 14.4 Å². The lowest BCUT2D eigenvalue weighted by Crippen LogP contribution is -2.44. The predicted molar refractivity (Wildman–Crippen MR) is 110 cm³/mol. The van der Waals surface area contributed by atoms with E-state index in [1.54, 1.807) is 43.3 Å². The lowest BCUT2D eigenvalue weighted by molar-refractivity contribution is -0.134. The van der Waals surface area contributed by atoms with Crippen LogP contribution in [0.5, 0.6) is 5.75 Å². The molecule has 0 bridgehead atoms. The SMILES string of the molecule is CCC1(c2cccc(Cl)c2)NC(=O)N(CC(=O)Nc2ccc(OC)c(Cl)c2)C1=O. The highest BCUT2D eigenvalue weighted by molar-refractivity contribution is 6.32. The minimum atomic E-state index is -1.26. The molecule has 0 aromatic heterocycles. The Bertz CT molecular complexity index is 982. The lowest BCUT2D eigenvalue weighted by Gasteiger charge is -2.26. The summed E-state index contributed by atoms with van der Waals surface area (Å²) in [6, 6.07) is 10.8. The minimum Gasteiger partial charge on any atom is -0.495 e. The molecule has 7 nitrogen and oxygen atoms in total. The molecular formula is C20H19Cl2N3O4. The number of methoxy groups -OCH3 is 1. The normalized spacial score (nSPS) is 18.6. The number of rotatable bonds is 6. The molecule has 0 spiro atoms. The second kappa shape index (κ2) is 8.31. The van der Waals surface area contributed by atoms with E-state index in [4.69, 9.17) is 27.9 Å². The first-order chi connectivity index (χ1) is 13.8. The van der Waals surface area contributed by atoms with E-state index in [1.165, 1.54) is 13.2 Å². The maximum atomic E-state index is 13.1. The lowest BCUT2D eigenvalue weighted by atomic mass is 9.87. The van der Waals surface area contributed by atoms with Gasteiger partial charge in [-0.05, 0) is 42.3 Å². The molecular weight excluding hydrogens is 417 g/mol. The molecule has 1 heterocycles. The number of halogens is 2. The summed E-state index contributed by atoms with van der Waals surface area (Å²) in [5.74, 6) is -0.573. The van der Waals surface area contributed by atoms with E-state index in [-0.39, 0.29) is 0 Å². The highest BCUT2D eigenvalue weighted by Gasteiger charge is 2.51. The van der Waals surface area contributed by atoms with Gasteiger partial charge in [0.05, 0.1) is 12.1 Å². The summed E-state index contributed by atoms with van der Waals surface area (Å²) in [7, 11) is 1.48. The van der Waals surface area contributed by atoms with Gasteiger partial charge in [-0.2, -0.15) is 0 Å². The first-order valence-corrected chi connectivity index (χ1v) is 9.60. The molecule has 4 amide bonds. The van der Waals surface area contributed by atoms with Crippen molar-refractivity contribution in [3.63, 3.8) is 0 Å². The maximum Gasteiger partial charge on any atom is 0.325 e. The largest absolute Gasteiger partial charge is 0.495 e. The molecule has 29 heavy (non-hydrogen) atoms. The smallest absolute Gasteiger partial charge is 0.325 e. The minimum absolute atomic E-state index is 0.310. The predicted octanol–water partition coefficient (Wildman–Crippen LogP) is 3.80. The van der Waals surface area contributed by atoms with E-state index in [1.807, 2.05) is 0 Å². The van der Waals surface area contributed by atoms with Gasteiger partial charge in [-0.25, -0.2) is 4.79 Å². The van der Waals surface area contributed by atoms with E-state index in [0.717, 1.165) is 4.90 Å². The van der Waals surface area contributed by atoms with Crippen LogP contribution in [0.1, 0.15) is 18.9 Å². The fourth-order valence-corrected chi connectivity index (χ4v) is 3.70. The molecule has 1 atom stereocenters. The number of ether oxygens (including phenoxy) is 1. The number of hydrogen-bond donors (Lipinski definition) is 2. The number of imide groups is 1. The number of benzene rings is 2. The summed E-state index contributed by atoms with van der Waals surface area (Å²) in [6.45, 7) is 1.35. The van der Waals surface area contributed by atoms with Gasteiger partial charge in [0.25, 0.3) is 5.91 Å². The van der Waals surface area contributed by atoms with Gasteiger partial charge in [0.2, 0.25) is 5.91 Å². The third kappa shape index (κ3) is 4.02. The van der Waals surface area contributed by atoms with E-state index in [2.05, 4.69) is 10.6 Å². The third-order valence-corrected chi connectivity index (χ3v) is 5.29. The summed E-state index contributed by atoms with van der Waals surface area (Å²) in [5, 5.41) is 6.11. The molecule has 152 valence electrons. The number of nitrogens with one attached hydrogen (secondary N) is 2. The molecule has 0 radical (unpaired) electrons. The fourth-order valence-electron chi connectivity index (χ4n) is 3.25. The van der Waals surface area contributed by atoms with Gasteiger partial charge in [-0.3, -0.25) is 14.5 Å². The van der Waals surface area contributed by atoms with E-state index < -0.39 is 29.9 Å². The van der Waals surface area contributed by atoms with E-state index in [0.29, 0.717) is 33.5 Å². The van der Waals surface area contributed by atoms with Crippen LogP contribution < -0.4 is 15.4 Å². The summed E-state index contributed by atoms with van der Waals surface area (Å²) < 4.78 is 5.07. The van der Waals surface area contributed by atoms with Gasteiger partial charge in [-0.15, -0.1) is 0 Å². The zero-order valence-electron chi connectivity index (χ0n) is 15.8. The number of urea groups is 1. The van der Waals surface area contributed by atoms with Crippen LogP contribution in [-0.4, -0.2) is 36.4 Å². The van der Waals surface area contributed by atoms with Crippen LogP contribution in [-0.2, 0) is 15.1 Å². The average molecular weight is 436 g/mol. The molecule has 1 fully saturated rings. The van der Waals surface area contributed by atoms with Gasteiger partial charge in [0.1, 0.15) is 17.8 Å².